The molecule has 3 aromatic rings. The summed E-state index contributed by atoms with van der Waals surface area (Å²) in [5, 5.41) is 8.89. The van der Waals surface area contributed by atoms with Crippen LogP contribution in [0.4, 0.5) is 0 Å². The fourth-order valence-electron chi connectivity index (χ4n) is 2.68. The summed E-state index contributed by atoms with van der Waals surface area (Å²) < 4.78 is 5.54. The molecule has 0 bridgehead atoms. The van der Waals surface area contributed by atoms with Crippen molar-refractivity contribution in [2.75, 3.05) is 0 Å². The van der Waals surface area contributed by atoms with Crippen LogP contribution in [0.3, 0.4) is 0 Å². The van der Waals surface area contributed by atoms with Crippen molar-refractivity contribution in [2.24, 2.45) is 0 Å². The first-order valence-corrected chi connectivity index (χ1v) is 8.78. The number of carbonyl (C=O) groups is 2. The molecule has 0 aliphatic carbocycles. The van der Waals surface area contributed by atoms with E-state index in [4.69, 9.17) is 9.84 Å². The third kappa shape index (κ3) is 4.94. The molecular formula is C22H19NO5. The molecule has 0 aliphatic rings. The van der Waals surface area contributed by atoms with Gasteiger partial charge in [0.15, 0.2) is 11.5 Å². The normalized spacial score (nSPS) is 10.4. The quantitative estimate of drug-likeness (QED) is 0.586. The van der Waals surface area contributed by atoms with Crippen molar-refractivity contribution in [3.63, 3.8) is 0 Å². The topological polar surface area (TPSA) is 96.5 Å². The first kappa shape index (κ1) is 19.1. The summed E-state index contributed by atoms with van der Waals surface area (Å²) >= 11 is 0. The molecule has 1 aromatic heterocycles. The third-order valence-corrected chi connectivity index (χ3v) is 4.25. The minimum Gasteiger partial charge on any atom is -0.483 e. The van der Waals surface area contributed by atoms with Gasteiger partial charge in [-0.15, -0.1) is 0 Å². The Labute approximate surface area is 161 Å². The molecule has 0 aliphatic heterocycles. The van der Waals surface area contributed by atoms with Gasteiger partial charge in [-0.05, 0) is 24.1 Å². The number of pyridine rings is 1. The second kappa shape index (κ2) is 8.81. The summed E-state index contributed by atoms with van der Waals surface area (Å²) in [5.74, 6) is -0.934. The summed E-state index contributed by atoms with van der Waals surface area (Å²) in [7, 11) is 0. The van der Waals surface area contributed by atoms with Crippen LogP contribution in [0.15, 0.2) is 71.7 Å². The van der Waals surface area contributed by atoms with Gasteiger partial charge in [0, 0.05) is 29.9 Å². The van der Waals surface area contributed by atoms with E-state index in [9.17, 15) is 14.4 Å². The van der Waals surface area contributed by atoms with Crippen LogP contribution in [-0.4, -0.2) is 21.8 Å². The first-order chi connectivity index (χ1) is 13.5. The van der Waals surface area contributed by atoms with Crippen molar-refractivity contribution in [1.82, 2.24) is 4.98 Å². The number of hydrogen-bond donors (Lipinski definition) is 2. The number of nitrogens with one attached hydrogen (secondary N) is 1. The second-order valence-electron chi connectivity index (χ2n) is 6.27. The first-order valence-electron chi connectivity index (χ1n) is 8.78. The highest BCUT2D eigenvalue weighted by atomic mass is 16.5. The lowest BCUT2D eigenvalue weighted by Crippen LogP contribution is -2.10. The minimum atomic E-state index is -1.04. The summed E-state index contributed by atoms with van der Waals surface area (Å²) in [6.45, 7) is 0.300. The highest BCUT2D eigenvalue weighted by Crippen LogP contribution is 2.11. The molecule has 1 heterocycles. The molecule has 0 spiro atoms. The van der Waals surface area contributed by atoms with E-state index in [-0.39, 0.29) is 28.9 Å². The Morgan fingerprint density at radius 1 is 0.964 bits per heavy atom. The molecule has 0 saturated heterocycles. The van der Waals surface area contributed by atoms with Crippen molar-refractivity contribution in [3.05, 3.63) is 99.5 Å². The van der Waals surface area contributed by atoms with Gasteiger partial charge in [-0.25, -0.2) is 4.79 Å². The monoisotopic (exact) mass is 377 g/mol. The van der Waals surface area contributed by atoms with Gasteiger partial charge in [0.05, 0.1) is 5.56 Å². The molecule has 0 unspecified atom stereocenters. The van der Waals surface area contributed by atoms with Crippen LogP contribution in [0, 0.1) is 0 Å². The Kier molecular flexibility index (Phi) is 6.01. The van der Waals surface area contributed by atoms with Crippen LogP contribution in [0.25, 0.3) is 0 Å². The Balaban J connectivity index is 1.57. The predicted octanol–water partition coefficient (Wildman–Crippen LogP) is 3.47. The molecule has 0 fully saturated rings. The Morgan fingerprint density at radius 2 is 1.64 bits per heavy atom. The average molecular weight is 377 g/mol. The van der Waals surface area contributed by atoms with Crippen LogP contribution in [0.2, 0.25) is 0 Å². The summed E-state index contributed by atoms with van der Waals surface area (Å²) in [6, 6.07) is 16.8. The predicted molar refractivity (Wildman–Crippen MR) is 104 cm³/mol. The summed E-state index contributed by atoms with van der Waals surface area (Å²) in [6.07, 6.45) is 2.08. The van der Waals surface area contributed by atoms with E-state index >= 15 is 0 Å². The molecule has 0 amide bonds. The number of carbonyl (C=O) groups excluding carboxylic acids is 1. The lowest BCUT2D eigenvalue weighted by atomic mass is 10.0. The van der Waals surface area contributed by atoms with E-state index < -0.39 is 5.97 Å². The van der Waals surface area contributed by atoms with Crippen LogP contribution in [0.5, 0.6) is 5.75 Å². The number of H-pyrrole nitrogens is 1. The highest BCUT2D eigenvalue weighted by Gasteiger charge is 2.10. The maximum absolute atomic E-state index is 12.2. The fraction of sp³-hybridized carbons (Fsp3) is 0.136. The van der Waals surface area contributed by atoms with Crippen molar-refractivity contribution < 1.29 is 19.4 Å². The van der Waals surface area contributed by atoms with Gasteiger partial charge in [0.2, 0.25) is 5.43 Å². The number of aromatic amines is 1. The number of ether oxygens (including phenoxy) is 1. The van der Waals surface area contributed by atoms with E-state index in [0.717, 1.165) is 5.56 Å². The molecule has 2 aromatic carbocycles. The zero-order valence-corrected chi connectivity index (χ0v) is 15.1. The fourth-order valence-corrected chi connectivity index (χ4v) is 2.68. The number of ketones is 1. The number of rotatable bonds is 8. The number of carboxylic acid groups (broad SMARTS) is 1. The van der Waals surface area contributed by atoms with E-state index in [1.54, 1.807) is 0 Å². The zero-order valence-electron chi connectivity index (χ0n) is 15.1. The number of aromatic carboxylic acids is 1. The molecule has 6 heteroatoms. The van der Waals surface area contributed by atoms with E-state index in [2.05, 4.69) is 4.98 Å². The third-order valence-electron chi connectivity index (χ3n) is 4.25. The van der Waals surface area contributed by atoms with Crippen molar-refractivity contribution >= 4 is 11.8 Å². The van der Waals surface area contributed by atoms with Gasteiger partial charge in [0.1, 0.15) is 6.61 Å². The summed E-state index contributed by atoms with van der Waals surface area (Å²) in [4.78, 5) is 38.3. The molecular weight excluding hydrogens is 358 g/mol. The van der Waals surface area contributed by atoms with Gasteiger partial charge in [0.25, 0.3) is 0 Å². The van der Waals surface area contributed by atoms with Gasteiger partial charge in [-0.1, -0.05) is 42.5 Å². The van der Waals surface area contributed by atoms with E-state index in [1.807, 2.05) is 30.3 Å². The highest BCUT2D eigenvalue weighted by molar-refractivity contribution is 5.97. The largest absolute Gasteiger partial charge is 0.483 e. The van der Waals surface area contributed by atoms with E-state index in [0.29, 0.717) is 24.3 Å². The van der Waals surface area contributed by atoms with Crippen molar-refractivity contribution in [1.29, 1.82) is 0 Å². The van der Waals surface area contributed by atoms with Crippen molar-refractivity contribution in [3.8, 4) is 5.75 Å². The molecule has 6 nitrogen and oxygen atoms in total. The number of benzene rings is 2. The molecule has 28 heavy (non-hydrogen) atoms. The van der Waals surface area contributed by atoms with E-state index in [1.165, 1.54) is 36.5 Å². The Bertz CT molecular complexity index is 1020. The van der Waals surface area contributed by atoms with Crippen molar-refractivity contribution in [2.45, 2.75) is 19.4 Å². The van der Waals surface area contributed by atoms with Crippen LogP contribution < -0.4 is 10.2 Å². The number of Topliss-reactive ketones (excluding diaryl/α,β-unsaturated/α-hetero) is 1. The van der Waals surface area contributed by atoms with Crippen LogP contribution in [0.1, 0.15) is 38.4 Å². The molecule has 0 radical (unpaired) electrons. The lowest BCUT2D eigenvalue weighted by Gasteiger charge is -2.07. The van der Waals surface area contributed by atoms with Gasteiger partial charge in [-0.3, -0.25) is 9.59 Å². The molecule has 0 atom stereocenters. The molecule has 0 saturated carbocycles. The van der Waals surface area contributed by atoms with Crippen LogP contribution in [-0.2, 0) is 13.0 Å². The number of carboxylic acids is 1. The second-order valence-corrected chi connectivity index (χ2v) is 6.27. The SMILES string of the molecule is O=C(O)c1ccc(C(=O)CCc2cc(=O)c(OCc3ccccc3)c[nH]2)cc1. The Hall–Kier alpha value is -3.67. The number of hydrogen-bond acceptors (Lipinski definition) is 4. The van der Waals surface area contributed by atoms with Gasteiger partial charge in [-0.2, -0.15) is 0 Å². The van der Waals surface area contributed by atoms with Gasteiger partial charge >= 0.3 is 5.97 Å². The number of aryl methyl sites for hydroxylation is 1. The maximum atomic E-state index is 12.2. The molecule has 3 rings (SSSR count). The number of aromatic nitrogens is 1. The summed E-state index contributed by atoms with van der Waals surface area (Å²) in [5.41, 5.74) is 1.92. The van der Waals surface area contributed by atoms with Gasteiger partial charge < -0.3 is 14.8 Å². The standard InChI is InChI=1S/C22H19NO5/c24-19(16-6-8-17(9-7-16)22(26)27)11-10-18-12-20(25)21(13-23-18)28-14-15-4-2-1-3-5-15/h1-9,12-13H,10-11,14H2,(H,23,25)(H,26,27). The van der Waals surface area contributed by atoms with Crippen LogP contribution >= 0.6 is 0 Å². The average Bonchev–Trinajstić information content (AvgIpc) is 2.72. The zero-order chi connectivity index (χ0) is 19.9. The molecule has 142 valence electrons. The Morgan fingerprint density at radius 3 is 2.29 bits per heavy atom. The minimum absolute atomic E-state index is 0.123. The lowest BCUT2D eigenvalue weighted by molar-refractivity contribution is 0.0696. The maximum Gasteiger partial charge on any atom is 0.335 e. The molecule has 2 N–H and O–H groups in total. The smallest absolute Gasteiger partial charge is 0.335 e.